The minimum absolute atomic E-state index is 0.0951. The van der Waals surface area contributed by atoms with Gasteiger partial charge < -0.3 is 5.11 Å². The maximum absolute atomic E-state index is 12.2. The molecule has 0 aliphatic heterocycles. The molecule has 0 aromatic heterocycles. The molecular weight excluding hydrogens is 286 g/mol. The Morgan fingerprint density at radius 1 is 1.05 bits per heavy atom. The summed E-state index contributed by atoms with van der Waals surface area (Å²) in [6.45, 7) is 2.22. The Bertz CT molecular complexity index is 666. The largest absolute Gasteiger partial charge is 0.392 e. The van der Waals surface area contributed by atoms with Crippen LogP contribution in [0, 0.1) is 0 Å². The van der Waals surface area contributed by atoms with E-state index in [2.05, 4.69) is 4.72 Å². The van der Waals surface area contributed by atoms with Crippen LogP contribution in [0.1, 0.15) is 24.0 Å². The molecule has 1 atom stereocenters. The summed E-state index contributed by atoms with van der Waals surface area (Å²) in [5.41, 5.74) is 1.78. The number of nitrogens with one attached hydrogen (secondary N) is 1. The Morgan fingerprint density at radius 2 is 1.67 bits per heavy atom. The summed E-state index contributed by atoms with van der Waals surface area (Å²) in [6.07, 6.45) is 0. The van der Waals surface area contributed by atoms with Gasteiger partial charge in [0.1, 0.15) is 0 Å². The van der Waals surface area contributed by atoms with Crippen LogP contribution < -0.4 is 4.72 Å². The van der Waals surface area contributed by atoms with Crippen molar-refractivity contribution in [2.24, 2.45) is 0 Å². The summed E-state index contributed by atoms with van der Waals surface area (Å²) in [5.74, 6) is 0.0951. The van der Waals surface area contributed by atoms with Gasteiger partial charge in [0.25, 0.3) is 0 Å². The molecule has 21 heavy (non-hydrogen) atoms. The predicted molar refractivity (Wildman–Crippen MR) is 82.4 cm³/mol. The van der Waals surface area contributed by atoms with Gasteiger partial charge in [-0.05, 0) is 29.2 Å². The van der Waals surface area contributed by atoms with Gasteiger partial charge >= 0.3 is 0 Å². The van der Waals surface area contributed by atoms with Crippen molar-refractivity contribution in [3.05, 3.63) is 65.7 Å². The minimum Gasteiger partial charge on any atom is -0.392 e. The standard InChI is InChI=1S/C16H19NO3S/c1-13(15-5-3-2-4-6-15)11-17-21(19,20)16-9-7-14(12-18)8-10-16/h2-10,13,17-18H,11-12H2,1H3. The molecule has 0 saturated heterocycles. The zero-order valence-electron chi connectivity index (χ0n) is 11.9. The summed E-state index contributed by atoms with van der Waals surface area (Å²) >= 11 is 0. The van der Waals surface area contributed by atoms with Crippen molar-refractivity contribution in [3.63, 3.8) is 0 Å². The molecular formula is C16H19NO3S. The number of hydrogen-bond acceptors (Lipinski definition) is 3. The number of sulfonamides is 1. The van der Waals surface area contributed by atoms with Crippen LogP contribution in [0.2, 0.25) is 0 Å². The highest BCUT2D eigenvalue weighted by Gasteiger charge is 2.15. The number of hydrogen-bond donors (Lipinski definition) is 2. The van der Waals surface area contributed by atoms with Crippen molar-refractivity contribution in [2.75, 3.05) is 6.54 Å². The fourth-order valence-electron chi connectivity index (χ4n) is 1.99. The highest BCUT2D eigenvalue weighted by atomic mass is 32.2. The predicted octanol–water partition coefficient (Wildman–Crippen LogP) is 2.26. The molecule has 0 bridgehead atoms. The van der Waals surface area contributed by atoms with Crippen LogP contribution >= 0.6 is 0 Å². The Kier molecular flexibility index (Phi) is 5.12. The zero-order chi connectivity index (χ0) is 15.3. The van der Waals surface area contributed by atoms with Crippen LogP contribution in [0.25, 0.3) is 0 Å². The lowest BCUT2D eigenvalue weighted by Gasteiger charge is -2.13. The van der Waals surface area contributed by atoms with E-state index in [9.17, 15) is 8.42 Å². The van der Waals surface area contributed by atoms with Crippen molar-refractivity contribution in [3.8, 4) is 0 Å². The minimum atomic E-state index is -3.52. The molecule has 2 N–H and O–H groups in total. The Morgan fingerprint density at radius 3 is 2.24 bits per heavy atom. The molecule has 112 valence electrons. The topological polar surface area (TPSA) is 66.4 Å². The van der Waals surface area contributed by atoms with Crippen molar-refractivity contribution in [2.45, 2.75) is 24.3 Å². The third-order valence-electron chi connectivity index (χ3n) is 3.36. The third-order valence-corrected chi connectivity index (χ3v) is 4.80. The average Bonchev–Trinajstić information content (AvgIpc) is 2.53. The first-order valence-electron chi connectivity index (χ1n) is 6.77. The Balaban J connectivity index is 2.04. The van der Waals surface area contributed by atoms with Crippen molar-refractivity contribution in [1.82, 2.24) is 4.72 Å². The molecule has 0 aliphatic rings. The molecule has 0 fully saturated rings. The summed E-state index contributed by atoms with van der Waals surface area (Å²) in [4.78, 5) is 0.208. The average molecular weight is 305 g/mol. The second kappa shape index (κ2) is 6.85. The van der Waals surface area contributed by atoms with Crippen LogP contribution in [-0.2, 0) is 16.6 Å². The lowest BCUT2D eigenvalue weighted by Crippen LogP contribution is -2.27. The molecule has 0 spiro atoms. The van der Waals surface area contributed by atoms with Crippen LogP contribution in [-0.4, -0.2) is 20.1 Å². The van der Waals surface area contributed by atoms with Crippen LogP contribution in [0.5, 0.6) is 0 Å². The molecule has 0 aliphatic carbocycles. The summed E-state index contributed by atoms with van der Waals surface area (Å²) < 4.78 is 27.0. The van der Waals surface area contributed by atoms with Crippen LogP contribution in [0.3, 0.4) is 0 Å². The fourth-order valence-corrected chi connectivity index (χ4v) is 3.12. The fraction of sp³-hybridized carbons (Fsp3) is 0.250. The number of aliphatic hydroxyl groups excluding tert-OH is 1. The normalized spacial score (nSPS) is 13.0. The van der Waals surface area contributed by atoms with Gasteiger partial charge in [-0.25, -0.2) is 13.1 Å². The molecule has 0 heterocycles. The molecule has 5 heteroatoms. The van der Waals surface area contributed by atoms with Gasteiger partial charge in [0.05, 0.1) is 11.5 Å². The van der Waals surface area contributed by atoms with Gasteiger partial charge in [-0.15, -0.1) is 0 Å². The highest BCUT2D eigenvalue weighted by molar-refractivity contribution is 7.89. The third kappa shape index (κ3) is 4.14. The first-order chi connectivity index (χ1) is 10.0. The molecule has 0 saturated carbocycles. The first kappa shape index (κ1) is 15.7. The monoisotopic (exact) mass is 305 g/mol. The van der Waals surface area contributed by atoms with Crippen molar-refractivity contribution in [1.29, 1.82) is 0 Å². The molecule has 0 amide bonds. The Hall–Kier alpha value is -1.69. The van der Waals surface area contributed by atoms with Gasteiger partial charge in [-0.1, -0.05) is 49.4 Å². The number of aliphatic hydroxyl groups is 1. The maximum Gasteiger partial charge on any atom is 0.240 e. The molecule has 0 radical (unpaired) electrons. The molecule has 4 nitrogen and oxygen atoms in total. The van der Waals surface area contributed by atoms with Gasteiger partial charge in [0.2, 0.25) is 10.0 Å². The summed E-state index contributed by atoms with van der Waals surface area (Å²) in [6, 6.07) is 16.0. The second-order valence-corrected chi connectivity index (χ2v) is 6.73. The van der Waals surface area contributed by atoms with Crippen molar-refractivity contribution >= 4 is 10.0 Å². The molecule has 2 aromatic carbocycles. The second-order valence-electron chi connectivity index (χ2n) is 4.97. The summed E-state index contributed by atoms with van der Waals surface area (Å²) in [7, 11) is -3.52. The van der Waals surface area contributed by atoms with Crippen LogP contribution in [0.4, 0.5) is 0 Å². The van der Waals surface area contributed by atoms with Crippen molar-refractivity contribution < 1.29 is 13.5 Å². The van der Waals surface area contributed by atoms with E-state index < -0.39 is 10.0 Å². The van der Waals surface area contributed by atoms with E-state index in [1.54, 1.807) is 12.1 Å². The Labute approximate surface area is 125 Å². The van der Waals surface area contributed by atoms with E-state index >= 15 is 0 Å². The zero-order valence-corrected chi connectivity index (χ0v) is 12.7. The van der Waals surface area contributed by atoms with E-state index in [1.165, 1.54) is 12.1 Å². The van der Waals surface area contributed by atoms with E-state index in [0.717, 1.165) is 5.56 Å². The van der Waals surface area contributed by atoms with E-state index in [0.29, 0.717) is 12.1 Å². The highest BCUT2D eigenvalue weighted by Crippen LogP contribution is 2.15. The smallest absolute Gasteiger partial charge is 0.240 e. The van der Waals surface area contributed by atoms with E-state index in [4.69, 9.17) is 5.11 Å². The number of benzene rings is 2. The molecule has 2 aromatic rings. The number of rotatable bonds is 6. The lowest BCUT2D eigenvalue weighted by atomic mass is 10.0. The van der Waals surface area contributed by atoms with Gasteiger partial charge in [0.15, 0.2) is 0 Å². The summed E-state index contributed by atoms with van der Waals surface area (Å²) in [5, 5.41) is 8.97. The van der Waals surface area contributed by atoms with Gasteiger partial charge in [-0.3, -0.25) is 0 Å². The van der Waals surface area contributed by atoms with Gasteiger partial charge in [0, 0.05) is 6.54 Å². The molecule has 2 rings (SSSR count). The lowest BCUT2D eigenvalue weighted by molar-refractivity contribution is 0.282. The molecule has 1 unspecified atom stereocenters. The van der Waals surface area contributed by atoms with Crippen LogP contribution in [0.15, 0.2) is 59.5 Å². The quantitative estimate of drug-likeness (QED) is 0.860. The van der Waals surface area contributed by atoms with Gasteiger partial charge in [-0.2, -0.15) is 0 Å². The van der Waals surface area contributed by atoms with E-state index in [-0.39, 0.29) is 17.4 Å². The first-order valence-corrected chi connectivity index (χ1v) is 8.25. The maximum atomic E-state index is 12.2. The SMILES string of the molecule is CC(CNS(=O)(=O)c1ccc(CO)cc1)c1ccccc1. The van der Waals surface area contributed by atoms with E-state index in [1.807, 2.05) is 37.3 Å².